The van der Waals surface area contributed by atoms with Gasteiger partial charge in [0.05, 0.1) is 13.2 Å². The van der Waals surface area contributed by atoms with Crippen LogP contribution in [0.1, 0.15) is 37.3 Å². The quantitative estimate of drug-likeness (QED) is 0.704. The van der Waals surface area contributed by atoms with Gasteiger partial charge < -0.3 is 28.4 Å². The zero-order chi connectivity index (χ0) is 21.8. The van der Waals surface area contributed by atoms with Crippen LogP contribution in [0.4, 0.5) is 0 Å². The Bertz CT molecular complexity index is 934. The summed E-state index contributed by atoms with van der Waals surface area (Å²) in [5.41, 5.74) is 2.43. The molecule has 3 saturated heterocycles. The third-order valence-corrected chi connectivity index (χ3v) is 6.92. The van der Waals surface area contributed by atoms with E-state index in [2.05, 4.69) is 30.3 Å². The van der Waals surface area contributed by atoms with Gasteiger partial charge in [0.15, 0.2) is 12.1 Å². The van der Waals surface area contributed by atoms with E-state index in [9.17, 15) is 0 Å². The predicted molar refractivity (Wildman–Crippen MR) is 116 cm³/mol. The molecule has 7 atom stereocenters. The van der Waals surface area contributed by atoms with E-state index in [0.717, 1.165) is 12.0 Å². The lowest BCUT2D eigenvalue weighted by molar-refractivity contribution is -0.336. The SMILES string of the molecule is CC1(C)OC[C@]2(OC[C@H]3O[C@@H]([C@@H]4C[C@H]4c4ccccc4)O[C@H]3[C@@H]2OCc2ccccc2)O1. The van der Waals surface area contributed by atoms with Crippen LogP contribution in [0.3, 0.4) is 0 Å². The monoisotopic (exact) mass is 438 g/mol. The van der Waals surface area contributed by atoms with Gasteiger partial charge in [0.2, 0.25) is 5.79 Å². The minimum absolute atomic E-state index is 0.185. The fourth-order valence-electron chi connectivity index (χ4n) is 5.22. The number of hydrogen-bond acceptors (Lipinski definition) is 6. The molecule has 2 aromatic carbocycles. The first kappa shape index (κ1) is 20.8. The standard InChI is InChI=1S/C26H30O6/c1-25(2)29-16-26(32-25)23(27-14-17-9-5-3-6-10-17)22-21(15-28-26)30-24(31-22)20-13-19(20)18-11-7-4-8-12-18/h3-12,19-24H,13-16H2,1-2H3/t19-,20+,21+,22+,23-,24+,26-/m0/s1. The molecule has 4 fully saturated rings. The van der Waals surface area contributed by atoms with Gasteiger partial charge in [-0.05, 0) is 37.3 Å². The van der Waals surface area contributed by atoms with Crippen LogP contribution in [0, 0.1) is 5.92 Å². The van der Waals surface area contributed by atoms with Gasteiger partial charge in [0, 0.05) is 5.92 Å². The van der Waals surface area contributed by atoms with Gasteiger partial charge in [-0.2, -0.15) is 0 Å². The highest BCUT2D eigenvalue weighted by Crippen LogP contribution is 2.54. The van der Waals surface area contributed by atoms with E-state index in [-0.39, 0.29) is 18.5 Å². The summed E-state index contributed by atoms with van der Waals surface area (Å²) in [6.45, 7) is 4.93. The van der Waals surface area contributed by atoms with E-state index in [1.54, 1.807) is 0 Å². The number of rotatable bonds is 5. The van der Waals surface area contributed by atoms with Gasteiger partial charge in [-0.3, -0.25) is 0 Å². The molecule has 32 heavy (non-hydrogen) atoms. The van der Waals surface area contributed by atoms with Crippen molar-refractivity contribution < 1.29 is 28.4 Å². The second-order valence-corrected chi connectivity index (χ2v) is 9.69. The van der Waals surface area contributed by atoms with Gasteiger partial charge in [-0.15, -0.1) is 0 Å². The van der Waals surface area contributed by atoms with Crippen molar-refractivity contribution in [2.45, 2.75) is 69.0 Å². The molecule has 2 aromatic rings. The van der Waals surface area contributed by atoms with E-state index in [0.29, 0.717) is 31.7 Å². The largest absolute Gasteiger partial charge is 0.365 e. The smallest absolute Gasteiger partial charge is 0.224 e. The third kappa shape index (κ3) is 3.79. The second kappa shape index (κ2) is 7.90. The number of ether oxygens (including phenoxy) is 6. The summed E-state index contributed by atoms with van der Waals surface area (Å²) in [5.74, 6) is -0.912. The van der Waals surface area contributed by atoms with Crippen molar-refractivity contribution in [1.29, 1.82) is 0 Å². The Morgan fingerprint density at radius 1 is 0.938 bits per heavy atom. The molecule has 1 saturated carbocycles. The molecule has 0 N–H and O–H groups in total. The zero-order valence-corrected chi connectivity index (χ0v) is 18.5. The van der Waals surface area contributed by atoms with Gasteiger partial charge in [-0.25, -0.2) is 0 Å². The van der Waals surface area contributed by atoms with Crippen LogP contribution in [0.25, 0.3) is 0 Å². The van der Waals surface area contributed by atoms with Gasteiger partial charge in [0.1, 0.15) is 24.9 Å². The van der Waals surface area contributed by atoms with Crippen LogP contribution in [-0.4, -0.2) is 49.4 Å². The molecule has 3 aliphatic heterocycles. The predicted octanol–water partition coefficient (Wildman–Crippen LogP) is 4.00. The number of benzene rings is 2. The summed E-state index contributed by atoms with van der Waals surface area (Å²) < 4.78 is 37.8. The summed E-state index contributed by atoms with van der Waals surface area (Å²) >= 11 is 0. The van der Waals surface area contributed by atoms with Crippen molar-refractivity contribution in [1.82, 2.24) is 0 Å². The lowest BCUT2D eigenvalue weighted by Crippen LogP contribution is -2.62. The van der Waals surface area contributed by atoms with E-state index < -0.39 is 17.7 Å². The Kier molecular flexibility index (Phi) is 5.13. The van der Waals surface area contributed by atoms with Gasteiger partial charge in [-0.1, -0.05) is 60.7 Å². The number of fused-ring (bicyclic) bond motifs is 1. The second-order valence-electron chi connectivity index (χ2n) is 9.69. The fraction of sp³-hybridized carbons (Fsp3) is 0.538. The topological polar surface area (TPSA) is 55.4 Å². The zero-order valence-electron chi connectivity index (χ0n) is 18.5. The Morgan fingerprint density at radius 3 is 2.41 bits per heavy atom. The molecule has 6 nitrogen and oxygen atoms in total. The van der Waals surface area contributed by atoms with Crippen molar-refractivity contribution in [3.8, 4) is 0 Å². The minimum atomic E-state index is -1.000. The average molecular weight is 439 g/mol. The van der Waals surface area contributed by atoms with Crippen LogP contribution in [0.5, 0.6) is 0 Å². The van der Waals surface area contributed by atoms with E-state index in [1.165, 1.54) is 5.56 Å². The summed E-state index contributed by atoms with van der Waals surface area (Å²) in [4.78, 5) is 0. The summed E-state index contributed by atoms with van der Waals surface area (Å²) in [6, 6.07) is 20.7. The normalized spacial score (nSPS) is 39.8. The van der Waals surface area contributed by atoms with Crippen LogP contribution >= 0.6 is 0 Å². The molecule has 0 radical (unpaired) electrons. The highest BCUT2D eigenvalue weighted by molar-refractivity contribution is 5.26. The molecular weight excluding hydrogens is 408 g/mol. The molecule has 170 valence electrons. The van der Waals surface area contributed by atoms with E-state index in [1.807, 2.05) is 44.2 Å². The van der Waals surface area contributed by atoms with Gasteiger partial charge in [0.25, 0.3) is 0 Å². The molecule has 1 spiro atoms. The molecule has 3 heterocycles. The molecular formula is C26H30O6. The first-order valence-corrected chi connectivity index (χ1v) is 11.5. The van der Waals surface area contributed by atoms with Gasteiger partial charge >= 0.3 is 0 Å². The third-order valence-electron chi connectivity index (χ3n) is 6.92. The van der Waals surface area contributed by atoms with Crippen molar-refractivity contribution in [3.05, 3.63) is 71.8 Å². The van der Waals surface area contributed by atoms with E-state index in [4.69, 9.17) is 28.4 Å². The van der Waals surface area contributed by atoms with Crippen molar-refractivity contribution >= 4 is 0 Å². The Morgan fingerprint density at radius 2 is 1.69 bits per heavy atom. The van der Waals surface area contributed by atoms with Crippen molar-refractivity contribution in [2.75, 3.05) is 13.2 Å². The molecule has 6 heteroatoms. The van der Waals surface area contributed by atoms with Crippen LogP contribution < -0.4 is 0 Å². The molecule has 4 aliphatic rings. The number of hydrogen-bond donors (Lipinski definition) is 0. The van der Waals surface area contributed by atoms with E-state index >= 15 is 0 Å². The average Bonchev–Trinajstić information content (AvgIpc) is 3.39. The lowest BCUT2D eigenvalue weighted by Gasteiger charge is -2.43. The maximum atomic E-state index is 6.53. The molecule has 0 amide bonds. The highest BCUT2D eigenvalue weighted by Gasteiger charge is 2.64. The van der Waals surface area contributed by atoms with Crippen molar-refractivity contribution in [3.63, 3.8) is 0 Å². The lowest BCUT2D eigenvalue weighted by atomic mass is 9.97. The molecule has 0 aromatic heterocycles. The Hall–Kier alpha value is -1.80. The van der Waals surface area contributed by atoms with Crippen LogP contribution in [0.2, 0.25) is 0 Å². The summed E-state index contributed by atoms with van der Waals surface area (Å²) in [7, 11) is 0. The Labute approximate surface area is 188 Å². The first-order chi connectivity index (χ1) is 15.5. The summed E-state index contributed by atoms with van der Waals surface area (Å²) in [5, 5.41) is 0. The highest BCUT2D eigenvalue weighted by atomic mass is 16.9. The van der Waals surface area contributed by atoms with Crippen LogP contribution in [-0.2, 0) is 35.0 Å². The maximum absolute atomic E-state index is 6.53. The molecule has 1 aliphatic carbocycles. The first-order valence-electron chi connectivity index (χ1n) is 11.5. The maximum Gasteiger partial charge on any atom is 0.224 e. The summed E-state index contributed by atoms with van der Waals surface area (Å²) in [6.07, 6.45) is -0.0977. The van der Waals surface area contributed by atoms with Crippen molar-refractivity contribution in [2.24, 2.45) is 5.92 Å². The Balaban J connectivity index is 1.21. The van der Waals surface area contributed by atoms with Crippen LogP contribution in [0.15, 0.2) is 60.7 Å². The molecule has 6 rings (SSSR count). The molecule has 0 bridgehead atoms. The molecule has 0 unspecified atom stereocenters. The minimum Gasteiger partial charge on any atom is -0.365 e. The fourth-order valence-corrected chi connectivity index (χ4v) is 5.22.